The molecular weight excluding hydrogens is 427 g/mol. The van der Waals surface area contributed by atoms with E-state index in [9.17, 15) is 18.0 Å². The number of benzene rings is 2. The SMILES string of the molecule is C/C=C(\C=NC)c1cc(CC)cc2c1-c1ccccc1[C@@H]2C(F)(F)F.CC.CCCC(=O)O. The third-order valence-electron chi connectivity index (χ3n) is 5.17. The van der Waals surface area contributed by atoms with Crippen molar-refractivity contribution in [2.75, 3.05) is 7.05 Å². The van der Waals surface area contributed by atoms with Crippen LogP contribution in [0.3, 0.4) is 0 Å². The molecule has 6 heteroatoms. The van der Waals surface area contributed by atoms with Crippen molar-refractivity contribution >= 4 is 17.8 Å². The quantitative estimate of drug-likeness (QED) is 0.460. The van der Waals surface area contributed by atoms with Crippen LogP contribution in [0.1, 0.15) is 75.6 Å². The van der Waals surface area contributed by atoms with Gasteiger partial charge in [0.1, 0.15) is 5.92 Å². The maximum atomic E-state index is 13.9. The first-order valence-electron chi connectivity index (χ1n) is 11.3. The number of rotatable bonds is 5. The van der Waals surface area contributed by atoms with E-state index in [0.717, 1.165) is 23.1 Å². The number of hydrogen-bond acceptors (Lipinski definition) is 2. The Balaban J connectivity index is 0.000000593. The molecule has 2 aromatic rings. The molecular formula is C27H34F3NO2. The molecule has 0 aromatic heterocycles. The van der Waals surface area contributed by atoms with Crippen LogP contribution < -0.4 is 0 Å². The number of aryl methyl sites for hydroxylation is 1. The Labute approximate surface area is 195 Å². The Morgan fingerprint density at radius 1 is 1.12 bits per heavy atom. The highest BCUT2D eigenvalue weighted by Crippen LogP contribution is 2.54. The molecule has 180 valence electrons. The lowest BCUT2D eigenvalue weighted by atomic mass is 9.89. The van der Waals surface area contributed by atoms with E-state index in [0.29, 0.717) is 35.1 Å². The van der Waals surface area contributed by atoms with Crippen molar-refractivity contribution in [1.82, 2.24) is 0 Å². The molecule has 3 nitrogen and oxygen atoms in total. The minimum atomic E-state index is -4.32. The molecule has 2 aromatic carbocycles. The summed E-state index contributed by atoms with van der Waals surface area (Å²) in [5, 5.41) is 7.91. The van der Waals surface area contributed by atoms with Gasteiger partial charge in [0.05, 0.1) is 0 Å². The molecule has 0 heterocycles. The maximum Gasteiger partial charge on any atom is 0.399 e. The van der Waals surface area contributed by atoms with Crippen LogP contribution in [0.2, 0.25) is 0 Å². The summed E-state index contributed by atoms with van der Waals surface area (Å²) in [5.74, 6) is -2.28. The molecule has 1 N–H and O–H groups in total. The van der Waals surface area contributed by atoms with Gasteiger partial charge in [-0.15, -0.1) is 0 Å². The van der Waals surface area contributed by atoms with Gasteiger partial charge in [-0.3, -0.25) is 9.79 Å². The lowest BCUT2D eigenvalue weighted by Gasteiger charge is -2.19. The van der Waals surface area contributed by atoms with E-state index in [1.165, 1.54) is 0 Å². The molecule has 0 amide bonds. The second-order valence-corrected chi connectivity index (χ2v) is 7.30. The lowest BCUT2D eigenvalue weighted by Crippen LogP contribution is -2.20. The van der Waals surface area contributed by atoms with Crippen LogP contribution >= 0.6 is 0 Å². The van der Waals surface area contributed by atoms with Crippen molar-refractivity contribution in [2.24, 2.45) is 4.99 Å². The molecule has 3 rings (SSSR count). The Morgan fingerprint density at radius 2 is 1.76 bits per heavy atom. The number of allylic oxidation sites excluding steroid dienone is 2. The summed E-state index contributed by atoms with van der Waals surface area (Å²) in [6.07, 6.45) is 0.987. The first-order chi connectivity index (χ1) is 15.7. The monoisotopic (exact) mass is 461 g/mol. The van der Waals surface area contributed by atoms with E-state index in [-0.39, 0.29) is 0 Å². The zero-order valence-corrected chi connectivity index (χ0v) is 20.3. The molecule has 0 bridgehead atoms. The number of alkyl halides is 3. The predicted molar refractivity (Wildman–Crippen MR) is 131 cm³/mol. The summed E-state index contributed by atoms with van der Waals surface area (Å²) in [6, 6.07) is 10.5. The number of fused-ring (bicyclic) bond motifs is 3. The average molecular weight is 462 g/mol. The average Bonchev–Trinajstić information content (AvgIpc) is 3.13. The standard InChI is InChI=1S/C21H20F3N.C4H8O2.C2H6/c1-4-13-10-17(14(5-2)12-25-3)19-15-8-6-7-9-16(15)20(18(19)11-13)21(22,23)24;1-2-3-4(5)6;1-2/h5-12,20H,4H2,1-3H3;2-3H2,1H3,(H,5,6);1-2H3/b14-5+,25-12?;;/t20-;;/m0../s1. The summed E-state index contributed by atoms with van der Waals surface area (Å²) in [5.41, 5.74) is 4.60. The number of hydrogen-bond donors (Lipinski definition) is 1. The second-order valence-electron chi connectivity index (χ2n) is 7.30. The fourth-order valence-electron chi connectivity index (χ4n) is 3.84. The molecule has 1 aliphatic rings. The lowest BCUT2D eigenvalue weighted by molar-refractivity contribution is -0.140. The summed E-state index contributed by atoms with van der Waals surface area (Å²) in [7, 11) is 1.67. The van der Waals surface area contributed by atoms with Gasteiger partial charge in [-0.2, -0.15) is 13.2 Å². The van der Waals surface area contributed by atoms with Crippen molar-refractivity contribution in [3.05, 3.63) is 64.7 Å². The Hall–Kier alpha value is -2.89. The van der Waals surface area contributed by atoms with Crippen LogP contribution in [0.5, 0.6) is 0 Å². The highest BCUT2D eigenvalue weighted by molar-refractivity contribution is 6.13. The number of aliphatic carboxylic acids is 1. The smallest absolute Gasteiger partial charge is 0.399 e. The number of aliphatic imine (C=N–C) groups is 1. The van der Waals surface area contributed by atoms with Gasteiger partial charge in [-0.25, -0.2) is 0 Å². The van der Waals surface area contributed by atoms with E-state index in [1.807, 2.05) is 46.8 Å². The van der Waals surface area contributed by atoms with E-state index < -0.39 is 18.1 Å². The van der Waals surface area contributed by atoms with Gasteiger partial charge in [0.25, 0.3) is 0 Å². The molecule has 1 atom stereocenters. The maximum absolute atomic E-state index is 13.9. The molecule has 0 saturated heterocycles. The number of nitrogens with zero attached hydrogens (tertiary/aromatic N) is 1. The largest absolute Gasteiger partial charge is 0.481 e. The van der Waals surface area contributed by atoms with Gasteiger partial charge in [0, 0.05) is 19.7 Å². The van der Waals surface area contributed by atoms with Crippen molar-refractivity contribution in [3.8, 4) is 11.1 Å². The first-order valence-corrected chi connectivity index (χ1v) is 11.3. The molecule has 0 aliphatic heterocycles. The van der Waals surface area contributed by atoms with E-state index >= 15 is 0 Å². The summed E-state index contributed by atoms with van der Waals surface area (Å²) >= 11 is 0. The fraction of sp³-hybridized carbons (Fsp3) is 0.407. The minimum Gasteiger partial charge on any atom is -0.481 e. The van der Waals surface area contributed by atoms with E-state index in [1.54, 1.807) is 43.6 Å². The Kier molecular flexibility index (Phi) is 11.1. The fourth-order valence-corrected chi connectivity index (χ4v) is 3.84. The van der Waals surface area contributed by atoms with Crippen molar-refractivity contribution in [1.29, 1.82) is 0 Å². The van der Waals surface area contributed by atoms with Crippen molar-refractivity contribution in [2.45, 2.75) is 66.0 Å². The highest BCUT2D eigenvalue weighted by atomic mass is 19.4. The second kappa shape index (κ2) is 13.0. The van der Waals surface area contributed by atoms with E-state index in [2.05, 4.69) is 4.99 Å². The molecule has 1 aliphatic carbocycles. The minimum absolute atomic E-state index is 0.292. The summed E-state index contributed by atoms with van der Waals surface area (Å²) in [6.45, 7) is 9.68. The number of carboxylic acids is 1. The van der Waals surface area contributed by atoms with Gasteiger partial charge in [0.2, 0.25) is 0 Å². The number of halogens is 3. The Bertz CT molecular complexity index is 991. The van der Waals surface area contributed by atoms with Crippen molar-refractivity contribution < 1.29 is 23.1 Å². The normalized spacial score (nSPS) is 14.6. The third-order valence-corrected chi connectivity index (χ3v) is 5.17. The number of carbonyl (C=O) groups is 1. The van der Waals surface area contributed by atoms with Crippen LogP contribution in [0.4, 0.5) is 13.2 Å². The molecule has 0 spiro atoms. The third kappa shape index (κ3) is 6.80. The van der Waals surface area contributed by atoms with Crippen LogP contribution in [0, 0.1) is 0 Å². The first kappa shape index (κ1) is 28.1. The van der Waals surface area contributed by atoms with Gasteiger partial charge >= 0.3 is 12.1 Å². The highest BCUT2D eigenvalue weighted by Gasteiger charge is 2.48. The predicted octanol–water partition coefficient (Wildman–Crippen LogP) is 7.92. The van der Waals surface area contributed by atoms with Crippen LogP contribution in [0.25, 0.3) is 16.7 Å². The topological polar surface area (TPSA) is 49.7 Å². The molecule has 0 radical (unpaired) electrons. The Morgan fingerprint density at radius 3 is 2.21 bits per heavy atom. The van der Waals surface area contributed by atoms with E-state index in [4.69, 9.17) is 5.11 Å². The van der Waals surface area contributed by atoms with Crippen LogP contribution in [-0.2, 0) is 11.2 Å². The molecule has 0 unspecified atom stereocenters. The van der Waals surface area contributed by atoms with Gasteiger partial charge in [0.15, 0.2) is 0 Å². The zero-order chi connectivity index (χ0) is 25.2. The molecule has 0 fully saturated rings. The van der Waals surface area contributed by atoms with Crippen LogP contribution in [-0.4, -0.2) is 30.5 Å². The van der Waals surface area contributed by atoms with Gasteiger partial charge in [-0.05, 0) is 58.7 Å². The zero-order valence-electron chi connectivity index (χ0n) is 20.3. The van der Waals surface area contributed by atoms with Crippen LogP contribution in [0.15, 0.2) is 47.5 Å². The molecule has 33 heavy (non-hydrogen) atoms. The number of carboxylic acid groups (broad SMARTS) is 1. The molecule has 0 saturated carbocycles. The van der Waals surface area contributed by atoms with Crippen molar-refractivity contribution in [3.63, 3.8) is 0 Å². The summed E-state index contributed by atoms with van der Waals surface area (Å²) in [4.78, 5) is 13.7. The summed E-state index contributed by atoms with van der Waals surface area (Å²) < 4.78 is 41.6. The van der Waals surface area contributed by atoms with Gasteiger partial charge < -0.3 is 5.11 Å². The van der Waals surface area contributed by atoms with Gasteiger partial charge in [-0.1, -0.05) is 70.2 Å².